The molecule has 6 aromatic carbocycles. The number of benzene rings is 6. The minimum atomic E-state index is 0.746. The zero-order valence-corrected chi connectivity index (χ0v) is 24.8. The van der Waals surface area contributed by atoms with Crippen molar-refractivity contribution in [3.05, 3.63) is 164 Å². The molecule has 0 saturated heterocycles. The Labute approximate surface area is 265 Å². The van der Waals surface area contributed by atoms with Gasteiger partial charge in [0.25, 0.3) is 0 Å². The van der Waals surface area contributed by atoms with E-state index in [2.05, 4.69) is 126 Å². The van der Waals surface area contributed by atoms with Gasteiger partial charge in [-0.25, -0.2) is 4.98 Å². The fraction of sp³-hybridized carbons (Fsp3) is 0. The van der Waals surface area contributed by atoms with E-state index in [9.17, 15) is 0 Å². The van der Waals surface area contributed by atoms with Crippen LogP contribution < -0.4 is 0 Å². The number of fused-ring (bicyclic) bond motifs is 4. The molecule has 3 heterocycles. The maximum atomic E-state index is 6.81. The fourth-order valence-electron chi connectivity index (χ4n) is 6.47. The number of imidazole rings is 1. The second-order valence-electron chi connectivity index (χ2n) is 11.4. The summed E-state index contributed by atoms with van der Waals surface area (Å²) in [6.07, 6.45) is 1.94. The maximum Gasteiger partial charge on any atom is 0.154 e. The van der Waals surface area contributed by atoms with Gasteiger partial charge in [0.1, 0.15) is 16.9 Å². The molecular weight excluding hydrogens is 562 g/mol. The first kappa shape index (κ1) is 26.2. The average Bonchev–Trinajstić information content (AvgIpc) is 3.71. The van der Waals surface area contributed by atoms with Gasteiger partial charge >= 0.3 is 0 Å². The SMILES string of the molecule is c1ccc(-c2ccc(-n3c(-c4ccc(-c5ccccc5)c5c4oc4cc(-c6ccccc6)cnc45)nc4ccccc43)cc2)cc1. The van der Waals surface area contributed by atoms with Crippen molar-refractivity contribution in [2.45, 2.75) is 0 Å². The summed E-state index contributed by atoms with van der Waals surface area (Å²) < 4.78 is 9.04. The van der Waals surface area contributed by atoms with Crippen LogP contribution in [0.4, 0.5) is 0 Å². The molecule has 0 saturated carbocycles. The molecule has 0 bridgehead atoms. The Bertz CT molecular complexity index is 2500. The Morgan fingerprint density at radius 1 is 0.500 bits per heavy atom. The lowest BCUT2D eigenvalue weighted by Gasteiger charge is -2.12. The van der Waals surface area contributed by atoms with Crippen LogP contribution in [0.2, 0.25) is 0 Å². The zero-order chi connectivity index (χ0) is 30.5. The smallest absolute Gasteiger partial charge is 0.154 e. The molecule has 0 atom stereocenters. The molecule has 0 radical (unpaired) electrons. The highest BCUT2D eigenvalue weighted by molar-refractivity contribution is 6.15. The predicted molar refractivity (Wildman–Crippen MR) is 188 cm³/mol. The van der Waals surface area contributed by atoms with Crippen molar-refractivity contribution in [2.24, 2.45) is 0 Å². The lowest BCUT2D eigenvalue weighted by Crippen LogP contribution is -1.98. The number of furan rings is 1. The molecule has 9 rings (SSSR count). The van der Waals surface area contributed by atoms with Gasteiger partial charge in [0.2, 0.25) is 0 Å². The van der Waals surface area contributed by atoms with Crippen LogP contribution in [0.1, 0.15) is 0 Å². The number of para-hydroxylation sites is 2. The lowest BCUT2D eigenvalue weighted by molar-refractivity contribution is 0.669. The Balaban J connectivity index is 1.30. The van der Waals surface area contributed by atoms with Crippen molar-refractivity contribution in [3.63, 3.8) is 0 Å². The third-order valence-electron chi connectivity index (χ3n) is 8.69. The quantitative estimate of drug-likeness (QED) is 0.201. The predicted octanol–water partition coefficient (Wildman–Crippen LogP) is 11.0. The Morgan fingerprint density at radius 3 is 1.80 bits per heavy atom. The second kappa shape index (κ2) is 10.7. The maximum absolute atomic E-state index is 6.81. The minimum absolute atomic E-state index is 0.746. The third-order valence-corrected chi connectivity index (χ3v) is 8.69. The zero-order valence-electron chi connectivity index (χ0n) is 24.8. The number of hydrogen-bond acceptors (Lipinski definition) is 3. The van der Waals surface area contributed by atoms with Crippen LogP contribution in [0.25, 0.3) is 83.6 Å². The van der Waals surface area contributed by atoms with Crippen molar-refractivity contribution in [3.8, 4) is 50.5 Å². The van der Waals surface area contributed by atoms with Gasteiger partial charge in [-0.2, -0.15) is 0 Å². The summed E-state index contributed by atoms with van der Waals surface area (Å²) in [7, 11) is 0. The molecule has 0 aliphatic carbocycles. The van der Waals surface area contributed by atoms with Gasteiger partial charge in [0, 0.05) is 17.4 Å². The Hall–Kier alpha value is -6.26. The first-order chi connectivity index (χ1) is 22.8. The molecule has 0 spiro atoms. The molecule has 9 aromatic rings. The van der Waals surface area contributed by atoms with Crippen LogP contribution in [0.5, 0.6) is 0 Å². The molecule has 0 N–H and O–H groups in total. The first-order valence-corrected chi connectivity index (χ1v) is 15.4. The van der Waals surface area contributed by atoms with E-state index >= 15 is 0 Å². The van der Waals surface area contributed by atoms with Crippen LogP contribution >= 0.6 is 0 Å². The highest BCUT2D eigenvalue weighted by Gasteiger charge is 2.23. The largest absolute Gasteiger partial charge is 0.454 e. The van der Waals surface area contributed by atoms with E-state index in [4.69, 9.17) is 14.4 Å². The second-order valence-corrected chi connectivity index (χ2v) is 11.4. The van der Waals surface area contributed by atoms with E-state index in [0.29, 0.717) is 0 Å². The van der Waals surface area contributed by atoms with Crippen molar-refractivity contribution in [2.75, 3.05) is 0 Å². The van der Waals surface area contributed by atoms with Crippen LogP contribution in [0, 0.1) is 0 Å². The summed E-state index contributed by atoms with van der Waals surface area (Å²) in [5.74, 6) is 0.820. The first-order valence-electron chi connectivity index (χ1n) is 15.4. The van der Waals surface area contributed by atoms with Gasteiger partial charge in [-0.1, -0.05) is 121 Å². The standard InChI is InChI=1S/C42H27N3O/c1-4-12-28(13-5-1)30-20-22-33(23-21-30)45-37-19-11-10-18-36(37)44-42(45)35-25-24-34(31-16-8-3-9-17-31)39-40-38(46-41(35)39)26-32(27-43-40)29-14-6-2-7-15-29/h1-27H. The summed E-state index contributed by atoms with van der Waals surface area (Å²) in [6.45, 7) is 0. The fourth-order valence-corrected chi connectivity index (χ4v) is 6.47. The van der Waals surface area contributed by atoms with Crippen molar-refractivity contribution >= 4 is 33.1 Å². The Kier molecular flexibility index (Phi) is 6.10. The van der Waals surface area contributed by atoms with Crippen molar-refractivity contribution < 1.29 is 4.42 Å². The summed E-state index contributed by atoms with van der Waals surface area (Å²) in [6, 6.07) is 54.6. The van der Waals surface area contributed by atoms with E-state index in [-0.39, 0.29) is 0 Å². The number of hydrogen-bond donors (Lipinski definition) is 0. The monoisotopic (exact) mass is 589 g/mol. The van der Waals surface area contributed by atoms with Crippen LogP contribution in [0.3, 0.4) is 0 Å². The number of rotatable bonds is 5. The molecule has 0 fully saturated rings. The van der Waals surface area contributed by atoms with Crippen LogP contribution in [0.15, 0.2) is 168 Å². The van der Waals surface area contributed by atoms with Gasteiger partial charge in [-0.05, 0) is 64.2 Å². The van der Waals surface area contributed by atoms with Crippen molar-refractivity contribution in [1.82, 2.24) is 14.5 Å². The van der Waals surface area contributed by atoms with E-state index in [1.54, 1.807) is 0 Å². The molecule has 4 nitrogen and oxygen atoms in total. The van der Waals surface area contributed by atoms with E-state index < -0.39 is 0 Å². The lowest BCUT2D eigenvalue weighted by atomic mass is 9.98. The molecule has 0 amide bonds. The number of pyridine rings is 1. The molecule has 216 valence electrons. The highest BCUT2D eigenvalue weighted by atomic mass is 16.3. The number of nitrogens with zero attached hydrogens (tertiary/aromatic N) is 3. The van der Waals surface area contributed by atoms with Gasteiger partial charge in [-0.3, -0.25) is 9.55 Å². The van der Waals surface area contributed by atoms with E-state index in [1.807, 2.05) is 42.6 Å². The summed E-state index contributed by atoms with van der Waals surface area (Å²) >= 11 is 0. The number of aromatic nitrogens is 3. The normalized spacial score (nSPS) is 11.5. The summed E-state index contributed by atoms with van der Waals surface area (Å²) in [5.41, 5.74) is 12.9. The molecule has 46 heavy (non-hydrogen) atoms. The molecular formula is C42H27N3O. The molecule has 0 aliphatic rings. The highest BCUT2D eigenvalue weighted by Crippen LogP contribution is 2.43. The van der Waals surface area contributed by atoms with Gasteiger partial charge in [0.15, 0.2) is 5.58 Å². The topological polar surface area (TPSA) is 43.9 Å². The Morgan fingerprint density at radius 2 is 1.09 bits per heavy atom. The van der Waals surface area contributed by atoms with Crippen molar-refractivity contribution in [1.29, 1.82) is 0 Å². The van der Waals surface area contributed by atoms with E-state index in [1.165, 1.54) is 11.1 Å². The molecule has 0 aliphatic heterocycles. The van der Waals surface area contributed by atoms with E-state index in [0.717, 1.165) is 72.4 Å². The van der Waals surface area contributed by atoms with Gasteiger partial charge in [0.05, 0.1) is 22.0 Å². The molecule has 3 aromatic heterocycles. The molecule has 4 heteroatoms. The van der Waals surface area contributed by atoms with Gasteiger partial charge in [-0.15, -0.1) is 0 Å². The minimum Gasteiger partial charge on any atom is -0.454 e. The molecule has 0 unspecified atom stereocenters. The average molecular weight is 590 g/mol. The van der Waals surface area contributed by atoms with Crippen LogP contribution in [-0.4, -0.2) is 14.5 Å². The third kappa shape index (κ3) is 4.31. The summed E-state index contributed by atoms with van der Waals surface area (Å²) in [5, 5.41) is 0.983. The summed E-state index contributed by atoms with van der Waals surface area (Å²) in [4.78, 5) is 10.2. The van der Waals surface area contributed by atoms with Crippen LogP contribution in [-0.2, 0) is 0 Å². The van der Waals surface area contributed by atoms with Gasteiger partial charge < -0.3 is 4.42 Å².